The first-order valence-electron chi connectivity index (χ1n) is 13.9. The highest BCUT2D eigenvalue weighted by Crippen LogP contribution is 2.33. The summed E-state index contributed by atoms with van der Waals surface area (Å²) in [6, 6.07) is 8.53. The van der Waals surface area contributed by atoms with E-state index in [9.17, 15) is 4.79 Å². The summed E-state index contributed by atoms with van der Waals surface area (Å²) in [5.74, 6) is 0.320. The normalized spacial score (nSPS) is 19.5. The van der Waals surface area contributed by atoms with Crippen LogP contribution < -0.4 is 10.6 Å². The van der Waals surface area contributed by atoms with Crippen molar-refractivity contribution in [2.45, 2.75) is 64.6 Å². The number of fused-ring (bicyclic) bond motifs is 1. The van der Waals surface area contributed by atoms with E-state index in [1.54, 1.807) is 12.4 Å². The zero-order valence-corrected chi connectivity index (χ0v) is 24.6. The summed E-state index contributed by atoms with van der Waals surface area (Å²) in [6.07, 6.45) is 5.35. The van der Waals surface area contributed by atoms with Gasteiger partial charge in [0.1, 0.15) is 5.01 Å². The van der Waals surface area contributed by atoms with E-state index in [1.165, 1.54) is 16.9 Å². The summed E-state index contributed by atoms with van der Waals surface area (Å²) in [5, 5.41) is 23.2. The number of rotatable bonds is 6. The zero-order valence-electron chi connectivity index (χ0n) is 23.8. The van der Waals surface area contributed by atoms with Gasteiger partial charge >= 0.3 is 0 Å². The fourth-order valence-corrected chi connectivity index (χ4v) is 6.09. The molecule has 0 spiro atoms. The average Bonchev–Trinajstić information content (AvgIpc) is 3.72. The topological polar surface area (TPSA) is 134 Å². The smallest absolute Gasteiger partial charge is 0.282 e. The molecule has 0 unspecified atom stereocenters. The van der Waals surface area contributed by atoms with Crippen LogP contribution in [0.25, 0.3) is 11.3 Å². The van der Waals surface area contributed by atoms with E-state index in [4.69, 9.17) is 9.72 Å². The van der Waals surface area contributed by atoms with E-state index in [0.29, 0.717) is 17.0 Å². The lowest BCUT2D eigenvalue weighted by Crippen LogP contribution is -2.36. The number of anilines is 2. The molecule has 0 bridgehead atoms. The zero-order chi connectivity index (χ0) is 28.6. The molecule has 41 heavy (non-hydrogen) atoms. The van der Waals surface area contributed by atoms with E-state index in [2.05, 4.69) is 79.9 Å². The number of hydrogen-bond acceptors (Lipinski definition) is 10. The van der Waals surface area contributed by atoms with Crippen molar-refractivity contribution >= 4 is 28.9 Å². The van der Waals surface area contributed by atoms with Crippen molar-refractivity contribution in [3.63, 3.8) is 0 Å². The van der Waals surface area contributed by atoms with Crippen LogP contribution in [0.2, 0.25) is 0 Å². The number of H-pyrrole nitrogens is 1. The monoisotopic (exact) mass is 573 g/mol. The van der Waals surface area contributed by atoms with E-state index in [-0.39, 0.29) is 17.4 Å². The van der Waals surface area contributed by atoms with Crippen molar-refractivity contribution in [3.8, 4) is 11.3 Å². The standard InChI is InChI=1S/C29H35N9O2S/c1-17-24(14-31-35-17)34-28-30-10-7-22(33-28)18-5-6-21-19(13-18)15-38(20-9-12-40-16-20)11-8-23(21)32-25(39)26-36-37-27(41-26)29(2,3)4/h5-7,10,13-14,20,23H,8-9,11-12,15-16H2,1-4H3,(H,31,35)(H,32,39)(H,30,33,34)/t20-,23+/m1/s1. The molecule has 1 fully saturated rings. The first-order valence-corrected chi connectivity index (χ1v) is 14.8. The number of carbonyl (C=O) groups is 1. The average molecular weight is 574 g/mol. The van der Waals surface area contributed by atoms with Gasteiger partial charge in [0.25, 0.3) is 5.91 Å². The Kier molecular flexibility index (Phi) is 7.54. The molecule has 6 rings (SSSR count). The van der Waals surface area contributed by atoms with Crippen LogP contribution in [-0.4, -0.2) is 67.0 Å². The van der Waals surface area contributed by atoms with Gasteiger partial charge < -0.3 is 15.4 Å². The molecule has 1 saturated heterocycles. The minimum absolute atomic E-state index is 0.146. The van der Waals surface area contributed by atoms with Crippen LogP contribution in [0.15, 0.2) is 36.7 Å². The number of aromatic nitrogens is 6. The molecule has 214 valence electrons. The van der Waals surface area contributed by atoms with Gasteiger partial charge in [0.15, 0.2) is 0 Å². The Morgan fingerprint density at radius 3 is 2.80 bits per heavy atom. The second-order valence-corrected chi connectivity index (χ2v) is 12.6. The number of nitrogens with one attached hydrogen (secondary N) is 3. The summed E-state index contributed by atoms with van der Waals surface area (Å²) >= 11 is 1.36. The van der Waals surface area contributed by atoms with Gasteiger partial charge in [0.05, 0.1) is 29.7 Å². The minimum atomic E-state index is -0.184. The van der Waals surface area contributed by atoms with Crippen LogP contribution in [0.1, 0.15) is 71.3 Å². The second-order valence-electron chi connectivity index (χ2n) is 11.7. The Hall–Kier alpha value is -3.74. The number of amides is 1. The highest BCUT2D eigenvalue weighted by Gasteiger charge is 2.31. The number of ether oxygens (including phenoxy) is 1. The molecular formula is C29H35N9O2S. The molecular weight excluding hydrogens is 538 g/mol. The maximum absolute atomic E-state index is 13.3. The lowest BCUT2D eigenvalue weighted by atomic mass is 9.96. The van der Waals surface area contributed by atoms with Gasteiger partial charge in [-0.3, -0.25) is 14.8 Å². The number of aromatic amines is 1. The van der Waals surface area contributed by atoms with Crippen LogP contribution in [0.4, 0.5) is 11.6 Å². The highest BCUT2D eigenvalue weighted by atomic mass is 32.1. The highest BCUT2D eigenvalue weighted by molar-refractivity contribution is 7.13. The largest absolute Gasteiger partial charge is 0.380 e. The third-order valence-corrected chi connectivity index (χ3v) is 8.96. The molecule has 11 nitrogen and oxygen atoms in total. The first kappa shape index (κ1) is 27.4. The van der Waals surface area contributed by atoms with Crippen LogP contribution in [0.3, 0.4) is 0 Å². The Balaban J connectivity index is 1.29. The van der Waals surface area contributed by atoms with E-state index in [1.807, 2.05) is 13.0 Å². The molecule has 2 aliphatic rings. The van der Waals surface area contributed by atoms with Gasteiger partial charge in [-0.2, -0.15) is 5.10 Å². The fourth-order valence-electron chi connectivity index (χ4n) is 5.28. The lowest BCUT2D eigenvalue weighted by molar-refractivity contribution is 0.0928. The lowest BCUT2D eigenvalue weighted by Gasteiger charge is -2.26. The summed E-state index contributed by atoms with van der Waals surface area (Å²) < 4.78 is 5.72. The van der Waals surface area contributed by atoms with E-state index in [0.717, 1.165) is 72.4 Å². The maximum Gasteiger partial charge on any atom is 0.282 e. The number of carbonyl (C=O) groups excluding carboxylic acids is 1. The summed E-state index contributed by atoms with van der Waals surface area (Å²) in [4.78, 5) is 25.0. The summed E-state index contributed by atoms with van der Waals surface area (Å²) in [7, 11) is 0. The molecule has 1 amide bonds. The van der Waals surface area contributed by atoms with Crippen molar-refractivity contribution in [3.05, 3.63) is 63.5 Å². The molecule has 2 aliphatic heterocycles. The first-order chi connectivity index (χ1) is 19.7. The Morgan fingerprint density at radius 2 is 2.07 bits per heavy atom. The molecule has 0 saturated carbocycles. The van der Waals surface area contributed by atoms with Crippen molar-refractivity contribution in [1.82, 2.24) is 40.6 Å². The fraction of sp³-hybridized carbons (Fsp3) is 0.448. The van der Waals surface area contributed by atoms with Crippen molar-refractivity contribution < 1.29 is 9.53 Å². The molecule has 3 aromatic heterocycles. The number of benzene rings is 1. The predicted octanol–water partition coefficient (Wildman–Crippen LogP) is 4.53. The van der Waals surface area contributed by atoms with Crippen LogP contribution in [0.5, 0.6) is 0 Å². The molecule has 0 aliphatic carbocycles. The van der Waals surface area contributed by atoms with Gasteiger partial charge in [0, 0.05) is 49.1 Å². The van der Waals surface area contributed by atoms with Crippen LogP contribution in [-0.2, 0) is 16.7 Å². The van der Waals surface area contributed by atoms with Gasteiger partial charge in [0.2, 0.25) is 11.0 Å². The van der Waals surface area contributed by atoms with Crippen molar-refractivity contribution in [2.24, 2.45) is 0 Å². The second kappa shape index (κ2) is 11.3. The Bertz CT molecular complexity index is 1540. The Labute approximate surface area is 243 Å². The maximum atomic E-state index is 13.3. The molecule has 2 atom stereocenters. The van der Waals surface area contributed by atoms with Crippen molar-refractivity contribution in [1.29, 1.82) is 0 Å². The molecule has 3 N–H and O–H groups in total. The quantitative estimate of drug-likeness (QED) is 0.304. The van der Waals surface area contributed by atoms with E-state index >= 15 is 0 Å². The molecule has 12 heteroatoms. The van der Waals surface area contributed by atoms with Gasteiger partial charge in [-0.15, -0.1) is 10.2 Å². The number of hydrogen-bond donors (Lipinski definition) is 3. The number of aryl methyl sites for hydroxylation is 1. The molecule has 4 aromatic rings. The van der Waals surface area contributed by atoms with Crippen LogP contribution >= 0.6 is 11.3 Å². The Morgan fingerprint density at radius 1 is 1.20 bits per heavy atom. The summed E-state index contributed by atoms with van der Waals surface area (Å²) in [6.45, 7) is 11.3. The third-order valence-electron chi connectivity index (χ3n) is 7.61. The molecule has 5 heterocycles. The number of nitrogens with zero attached hydrogens (tertiary/aromatic N) is 6. The molecule has 1 aromatic carbocycles. The third kappa shape index (κ3) is 5.99. The van der Waals surface area contributed by atoms with Gasteiger partial charge in [-0.05, 0) is 43.0 Å². The van der Waals surface area contributed by atoms with Crippen LogP contribution in [0, 0.1) is 6.92 Å². The van der Waals surface area contributed by atoms with E-state index < -0.39 is 0 Å². The van der Waals surface area contributed by atoms with Gasteiger partial charge in [-0.25, -0.2) is 9.97 Å². The predicted molar refractivity (Wildman–Crippen MR) is 157 cm³/mol. The van der Waals surface area contributed by atoms with Gasteiger partial charge in [-0.1, -0.05) is 44.2 Å². The SMILES string of the molecule is Cc1n[nH]cc1Nc1nccc(-c2ccc3c(c2)CN([C@@H]2CCOC2)CC[C@@H]3NC(=O)c2nnc(C(C)(C)C)s2)n1. The summed E-state index contributed by atoms with van der Waals surface area (Å²) in [5.41, 5.74) is 5.62. The molecule has 0 radical (unpaired) electrons. The van der Waals surface area contributed by atoms with Crippen molar-refractivity contribution in [2.75, 3.05) is 25.1 Å². The minimum Gasteiger partial charge on any atom is -0.380 e.